The minimum absolute atomic E-state index is 0.300. The highest BCUT2D eigenvalue weighted by Crippen LogP contribution is 2.20. The normalized spacial score (nSPS) is 10.3. The summed E-state index contributed by atoms with van der Waals surface area (Å²) in [6.07, 6.45) is 0.707. The van der Waals surface area contributed by atoms with Gasteiger partial charge in [-0.3, -0.25) is 0 Å². The maximum Gasteiger partial charge on any atom is 0.335 e. The van der Waals surface area contributed by atoms with Crippen molar-refractivity contribution in [2.24, 2.45) is 0 Å². The SMILES string of the molecule is O=C(O)c1cc(Br)cc(Cc2cccc(Br)c2)c1. The molecule has 92 valence electrons. The number of carboxylic acid groups (broad SMARTS) is 1. The lowest BCUT2D eigenvalue weighted by Crippen LogP contribution is -1.98. The van der Waals surface area contributed by atoms with Crippen molar-refractivity contribution < 1.29 is 9.90 Å². The summed E-state index contributed by atoms with van der Waals surface area (Å²) in [5, 5.41) is 9.02. The highest BCUT2D eigenvalue weighted by Gasteiger charge is 2.06. The van der Waals surface area contributed by atoms with E-state index in [1.165, 1.54) is 0 Å². The minimum atomic E-state index is -0.910. The van der Waals surface area contributed by atoms with Gasteiger partial charge in [-0.05, 0) is 47.9 Å². The molecule has 2 aromatic rings. The predicted molar refractivity (Wildman–Crippen MR) is 78.0 cm³/mol. The van der Waals surface area contributed by atoms with E-state index in [9.17, 15) is 4.79 Å². The molecule has 18 heavy (non-hydrogen) atoms. The van der Waals surface area contributed by atoms with Crippen LogP contribution in [0.25, 0.3) is 0 Å². The molecule has 0 unspecified atom stereocenters. The molecule has 0 aliphatic carbocycles. The highest BCUT2D eigenvalue weighted by atomic mass is 79.9. The van der Waals surface area contributed by atoms with Crippen molar-refractivity contribution in [3.63, 3.8) is 0 Å². The van der Waals surface area contributed by atoms with Crippen LogP contribution in [0, 0.1) is 0 Å². The van der Waals surface area contributed by atoms with Gasteiger partial charge in [-0.15, -0.1) is 0 Å². The second-order valence-corrected chi connectivity index (χ2v) is 5.79. The quantitative estimate of drug-likeness (QED) is 0.864. The summed E-state index contributed by atoms with van der Waals surface area (Å²) in [4.78, 5) is 11.0. The van der Waals surface area contributed by atoms with E-state index in [2.05, 4.69) is 31.9 Å². The Hall–Kier alpha value is -1.13. The van der Waals surface area contributed by atoms with Gasteiger partial charge < -0.3 is 5.11 Å². The second-order valence-electron chi connectivity index (χ2n) is 3.96. The molecule has 1 N–H and O–H groups in total. The van der Waals surface area contributed by atoms with E-state index in [0.29, 0.717) is 12.0 Å². The van der Waals surface area contributed by atoms with Crippen LogP contribution in [-0.4, -0.2) is 11.1 Å². The Morgan fingerprint density at radius 1 is 1.00 bits per heavy atom. The topological polar surface area (TPSA) is 37.3 Å². The number of rotatable bonds is 3. The number of carboxylic acids is 1. The number of hydrogen-bond donors (Lipinski definition) is 1. The van der Waals surface area contributed by atoms with Crippen LogP contribution in [0.15, 0.2) is 51.4 Å². The van der Waals surface area contributed by atoms with Crippen molar-refractivity contribution in [2.75, 3.05) is 0 Å². The summed E-state index contributed by atoms with van der Waals surface area (Å²) >= 11 is 6.76. The van der Waals surface area contributed by atoms with Gasteiger partial charge in [-0.25, -0.2) is 4.79 Å². The molecule has 2 aromatic carbocycles. The van der Waals surface area contributed by atoms with Crippen molar-refractivity contribution in [2.45, 2.75) is 6.42 Å². The molecule has 0 aliphatic rings. The monoisotopic (exact) mass is 368 g/mol. The Kier molecular flexibility index (Phi) is 4.19. The molecule has 0 amide bonds. The van der Waals surface area contributed by atoms with Gasteiger partial charge in [0, 0.05) is 8.95 Å². The van der Waals surface area contributed by atoms with Crippen molar-refractivity contribution in [1.29, 1.82) is 0 Å². The van der Waals surface area contributed by atoms with Gasteiger partial charge in [0.15, 0.2) is 0 Å². The van der Waals surface area contributed by atoms with Crippen LogP contribution in [0.2, 0.25) is 0 Å². The van der Waals surface area contributed by atoms with E-state index in [0.717, 1.165) is 20.1 Å². The molecule has 0 heterocycles. The summed E-state index contributed by atoms with van der Waals surface area (Å²) in [5.74, 6) is -0.910. The summed E-state index contributed by atoms with van der Waals surface area (Å²) < 4.78 is 1.81. The average molecular weight is 370 g/mol. The molecular formula is C14H10Br2O2. The van der Waals surface area contributed by atoms with E-state index < -0.39 is 5.97 Å². The van der Waals surface area contributed by atoms with Crippen LogP contribution >= 0.6 is 31.9 Å². The number of halogens is 2. The largest absolute Gasteiger partial charge is 0.478 e. The lowest BCUT2D eigenvalue weighted by molar-refractivity contribution is 0.0696. The van der Waals surface area contributed by atoms with E-state index in [4.69, 9.17) is 5.11 Å². The Balaban J connectivity index is 2.31. The third-order valence-electron chi connectivity index (χ3n) is 2.50. The summed E-state index contributed by atoms with van der Waals surface area (Å²) in [6.45, 7) is 0. The van der Waals surface area contributed by atoms with E-state index in [1.54, 1.807) is 12.1 Å². The van der Waals surface area contributed by atoms with Gasteiger partial charge in [0.1, 0.15) is 0 Å². The Bertz CT molecular complexity index is 594. The van der Waals surface area contributed by atoms with Crippen LogP contribution in [0.3, 0.4) is 0 Å². The fourth-order valence-corrected chi connectivity index (χ4v) is 2.75. The molecule has 0 aromatic heterocycles. The Labute approximate surface area is 122 Å². The molecule has 2 rings (SSSR count). The van der Waals surface area contributed by atoms with Crippen LogP contribution < -0.4 is 0 Å². The fraction of sp³-hybridized carbons (Fsp3) is 0.0714. The molecular weight excluding hydrogens is 360 g/mol. The number of benzene rings is 2. The summed E-state index contributed by atoms with van der Waals surface area (Å²) in [5.41, 5.74) is 2.41. The predicted octanol–water partition coefficient (Wildman–Crippen LogP) is 4.50. The van der Waals surface area contributed by atoms with Gasteiger partial charge in [0.25, 0.3) is 0 Å². The maximum atomic E-state index is 11.0. The Morgan fingerprint density at radius 2 is 1.72 bits per heavy atom. The molecule has 0 atom stereocenters. The molecule has 2 nitrogen and oxygen atoms in total. The first kappa shape index (κ1) is 13.3. The van der Waals surface area contributed by atoms with Gasteiger partial charge in [0.2, 0.25) is 0 Å². The molecule has 4 heteroatoms. The molecule has 0 bridgehead atoms. The first-order chi connectivity index (χ1) is 8.54. The van der Waals surface area contributed by atoms with Gasteiger partial charge in [-0.1, -0.05) is 44.0 Å². The molecule has 0 saturated carbocycles. The molecule has 0 saturated heterocycles. The zero-order valence-corrected chi connectivity index (χ0v) is 12.5. The molecule has 0 spiro atoms. The van der Waals surface area contributed by atoms with Crippen LogP contribution in [-0.2, 0) is 6.42 Å². The van der Waals surface area contributed by atoms with Gasteiger partial charge >= 0.3 is 5.97 Å². The van der Waals surface area contributed by atoms with E-state index >= 15 is 0 Å². The maximum absolute atomic E-state index is 11.0. The standard InChI is InChI=1S/C14H10Br2O2/c15-12-3-1-2-9(6-12)4-10-5-11(14(17)18)8-13(16)7-10/h1-3,5-8H,4H2,(H,17,18). The van der Waals surface area contributed by atoms with E-state index in [-0.39, 0.29) is 0 Å². The van der Waals surface area contributed by atoms with Crippen molar-refractivity contribution in [3.05, 3.63) is 68.1 Å². The second kappa shape index (κ2) is 5.67. The smallest absolute Gasteiger partial charge is 0.335 e. The fourth-order valence-electron chi connectivity index (χ4n) is 1.76. The van der Waals surface area contributed by atoms with E-state index in [1.807, 2.05) is 30.3 Å². The Morgan fingerprint density at radius 3 is 2.39 bits per heavy atom. The lowest BCUT2D eigenvalue weighted by Gasteiger charge is -2.05. The number of aromatic carboxylic acids is 1. The average Bonchev–Trinajstić information content (AvgIpc) is 2.28. The molecule has 0 aliphatic heterocycles. The van der Waals surface area contributed by atoms with Gasteiger partial charge in [0.05, 0.1) is 5.56 Å². The zero-order chi connectivity index (χ0) is 13.1. The van der Waals surface area contributed by atoms with Crippen molar-refractivity contribution in [3.8, 4) is 0 Å². The summed E-state index contributed by atoms with van der Waals surface area (Å²) in [7, 11) is 0. The van der Waals surface area contributed by atoms with Crippen molar-refractivity contribution >= 4 is 37.8 Å². The first-order valence-electron chi connectivity index (χ1n) is 5.32. The number of carbonyl (C=O) groups is 1. The zero-order valence-electron chi connectivity index (χ0n) is 9.36. The third kappa shape index (κ3) is 3.43. The van der Waals surface area contributed by atoms with Crippen LogP contribution in [0.5, 0.6) is 0 Å². The molecule has 0 radical (unpaired) electrons. The third-order valence-corrected chi connectivity index (χ3v) is 3.45. The van der Waals surface area contributed by atoms with Crippen molar-refractivity contribution in [1.82, 2.24) is 0 Å². The summed E-state index contributed by atoms with van der Waals surface area (Å²) in [6, 6.07) is 13.2. The lowest BCUT2D eigenvalue weighted by atomic mass is 10.0. The van der Waals surface area contributed by atoms with Crippen LogP contribution in [0.4, 0.5) is 0 Å². The first-order valence-corrected chi connectivity index (χ1v) is 6.90. The van der Waals surface area contributed by atoms with Crippen LogP contribution in [0.1, 0.15) is 21.5 Å². The highest BCUT2D eigenvalue weighted by molar-refractivity contribution is 9.10. The van der Waals surface area contributed by atoms with Gasteiger partial charge in [-0.2, -0.15) is 0 Å². The minimum Gasteiger partial charge on any atom is -0.478 e. The number of hydrogen-bond acceptors (Lipinski definition) is 1. The molecule has 0 fully saturated rings.